The van der Waals surface area contributed by atoms with E-state index in [4.69, 9.17) is 16.3 Å². The summed E-state index contributed by atoms with van der Waals surface area (Å²) in [4.78, 5) is 22.6. The average molecular weight is 367 g/mol. The van der Waals surface area contributed by atoms with Gasteiger partial charge >= 0.3 is 0 Å². The molecule has 0 aliphatic rings. The Morgan fingerprint density at radius 1 is 1.24 bits per heavy atom. The SMILES string of the molecule is CC(=O)NCCCNC(=O)Cn1nnnc1COc1ccccc1Cl. The minimum atomic E-state index is -0.228. The van der Waals surface area contributed by atoms with Crippen LogP contribution < -0.4 is 15.4 Å². The molecule has 0 aliphatic heterocycles. The normalized spacial score (nSPS) is 10.3. The van der Waals surface area contributed by atoms with E-state index < -0.39 is 0 Å². The molecule has 0 aliphatic carbocycles. The van der Waals surface area contributed by atoms with Crippen molar-refractivity contribution in [3.8, 4) is 5.75 Å². The number of benzene rings is 1. The van der Waals surface area contributed by atoms with Gasteiger partial charge in [0.25, 0.3) is 0 Å². The minimum Gasteiger partial charge on any atom is -0.484 e. The van der Waals surface area contributed by atoms with Crippen molar-refractivity contribution in [1.82, 2.24) is 30.8 Å². The van der Waals surface area contributed by atoms with Gasteiger partial charge in [-0.1, -0.05) is 23.7 Å². The van der Waals surface area contributed by atoms with E-state index in [0.29, 0.717) is 36.1 Å². The fourth-order valence-corrected chi connectivity index (χ4v) is 2.12. The van der Waals surface area contributed by atoms with E-state index in [1.165, 1.54) is 11.6 Å². The summed E-state index contributed by atoms with van der Waals surface area (Å²) in [6.45, 7) is 2.48. The topological polar surface area (TPSA) is 111 Å². The Kier molecular flexibility index (Phi) is 7.15. The number of para-hydroxylation sites is 1. The molecule has 2 N–H and O–H groups in total. The summed E-state index contributed by atoms with van der Waals surface area (Å²) in [5.41, 5.74) is 0. The predicted molar refractivity (Wildman–Crippen MR) is 89.9 cm³/mol. The van der Waals surface area contributed by atoms with Crippen LogP contribution in [0.2, 0.25) is 5.02 Å². The molecule has 9 nitrogen and oxygen atoms in total. The van der Waals surface area contributed by atoms with Crippen LogP contribution in [-0.4, -0.2) is 45.1 Å². The summed E-state index contributed by atoms with van der Waals surface area (Å²) < 4.78 is 6.93. The molecular formula is C15H19ClN6O3. The molecule has 0 bridgehead atoms. The van der Waals surface area contributed by atoms with Gasteiger partial charge in [-0.2, -0.15) is 0 Å². The number of nitrogens with zero attached hydrogens (tertiary/aromatic N) is 4. The maximum absolute atomic E-state index is 11.9. The molecule has 25 heavy (non-hydrogen) atoms. The molecule has 1 aromatic carbocycles. The Morgan fingerprint density at radius 2 is 2.00 bits per heavy atom. The lowest BCUT2D eigenvalue weighted by Crippen LogP contribution is -2.32. The third kappa shape index (κ3) is 6.38. The van der Waals surface area contributed by atoms with E-state index in [1.807, 2.05) is 0 Å². The zero-order valence-corrected chi connectivity index (χ0v) is 14.5. The molecule has 0 radical (unpaired) electrons. The number of carbonyl (C=O) groups excluding carboxylic acids is 2. The van der Waals surface area contributed by atoms with Gasteiger partial charge in [0, 0.05) is 20.0 Å². The number of aromatic nitrogens is 4. The van der Waals surface area contributed by atoms with Crippen LogP contribution >= 0.6 is 11.6 Å². The predicted octanol–water partition coefficient (Wildman–Crippen LogP) is 0.548. The molecule has 0 saturated carbocycles. The summed E-state index contributed by atoms with van der Waals surface area (Å²) >= 11 is 6.02. The van der Waals surface area contributed by atoms with Crippen molar-refractivity contribution in [3.63, 3.8) is 0 Å². The zero-order chi connectivity index (χ0) is 18.1. The zero-order valence-electron chi connectivity index (χ0n) is 13.7. The molecule has 0 atom stereocenters. The quantitative estimate of drug-likeness (QED) is 0.627. The Labute approximate surface area is 149 Å². The standard InChI is InChI=1S/C15H19ClN6O3/c1-11(23)17-7-4-8-18-15(24)9-22-14(19-20-21-22)10-25-13-6-3-2-5-12(13)16/h2-3,5-6H,4,7-10H2,1H3,(H,17,23)(H,18,24). The molecule has 1 aromatic heterocycles. The Bertz CT molecular complexity index is 721. The lowest BCUT2D eigenvalue weighted by molar-refractivity contribution is -0.121. The van der Waals surface area contributed by atoms with Crippen LogP contribution in [0.5, 0.6) is 5.75 Å². The van der Waals surface area contributed by atoms with E-state index in [2.05, 4.69) is 26.2 Å². The van der Waals surface area contributed by atoms with Gasteiger partial charge in [-0.15, -0.1) is 5.10 Å². The largest absolute Gasteiger partial charge is 0.484 e. The van der Waals surface area contributed by atoms with Crippen LogP contribution in [0.1, 0.15) is 19.2 Å². The number of rotatable bonds is 9. The maximum atomic E-state index is 11.9. The van der Waals surface area contributed by atoms with E-state index in [9.17, 15) is 9.59 Å². The Hall–Kier alpha value is -2.68. The third-order valence-electron chi connectivity index (χ3n) is 3.14. The van der Waals surface area contributed by atoms with Gasteiger partial charge in [0.15, 0.2) is 5.82 Å². The molecule has 0 fully saturated rings. The first-order chi connectivity index (χ1) is 12.1. The molecule has 0 saturated heterocycles. The molecule has 0 spiro atoms. The highest BCUT2D eigenvalue weighted by Crippen LogP contribution is 2.23. The second-order valence-corrected chi connectivity index (χ2v) is 5.57. The van der Waals surface area contributed by atoms with Crippen LogP contribution in [-0.2, 0) is 22.7 Å². The number of hydrogen-bond donors (Lipinski definition) is 2. The molecule has 134 valence electrons. The van der Waals surface area contributed by atoms with E-state index in [-0.39, 0.29) is 25.0 Å². The monoisotopic (exact) mass is 366 g/mol. The van der Waals surface area contributed by atoms with Crippen LogP contribution in [0.4, 0.5) is 0 Å². The fourth-order valence-electron chi connectivity index (χ4n) is 1.93. The molecule has 2 rings (SSSR count). The van der Waals surface area contributed by atoms with Crippen molar-refractivity contribution in [2.45, 2.75) is 26.5 Å². The molecule has 10 heteroatoms. The van der Waals surface area contributed by atoms with Crippen LogP contribution in [0.15, 0.2) is 24.3 Å². The van der Waals surface area contributed by atoms with E-state index in [1.54, 1.807) is 24.3 Å². The van der Waals surface area contributed by atoms with Crippen molar-refractivity contribution in [2.24, 2.45) is 0 Å². The Balaban J connectivity index is 1.77. The second kappa shape index (κ2) is 9.58. The van der Waals surface area contributed by atoms with E-state index in [0.717, 1.165) is 0 Å². The highest BCUT2D eigenvalue weighted by Gasteiger charge is 2.11. The van der Waals surface area contributed by atoms with Crippen molar-refractivity contribution >= 4 is 23.4 Å². The van der Waals surface area contributed by atoms with Gasteiger partial charge < -0.3 is 15.4 Å². The number of amides is 2. The molecule has 2 aromatic rings. The molecular weight excluding hydrogens is 348 g/mol. The van der Waals surface area contributed by atoms with Crippen molar-refractivity contribution < 1.29 is 14.3 Å². The number of ether oxygens (including phenoxy) is 1. The number of halogens is 1. The van der Waals surface area contributed by atoms with Gasteiger partial charge in [0.05, 0.1) is 5.02 Å². The molecule has 0 unspecified atom stereocenters. The summed E-state index contributed by atoms with van der Waals surface area (Å²) in [6, 6.07) is 7.06. The summed E-state index contributed by atoms with van der Waals surface area (Å²) in [5.74, 6) is 0.603. The number of carbonyl (C=O) groups is 2. The number of tetrazole rings is 1. The van der Waals surface area contributed by atoms with Crippen molar-refractivity contribution in [1.29, 1.82) is 0 Å². The third-order valence-corrected chi connectivity index (χ3v) is 3.45. The van der Waals surface area contributed by atoms with Crippen LogP contribution in [0.3, 0.4) is 0 Å². The van der Waals surface area contributed by atoms with Gasteiger partial charge in [-0.05, 0) is 29.0 Å². The van der Waals surface area contributed by atoms with Crippen molar-refractivity contribution in [2.75, 3.05) is 13.1 Å². The maximum Gasteiger partial charge on any atom is 0.241 e. The number of nitrogens with one attached hydrogen (secondary N) is 2. The summed E-state index contributed by atoms with van der Waals surface area (Å²) in [7, 11) is 0. The summed E-state index contributed by atoms with van der Waals surface area (Å²) in [6.07, 6.45) is 0.642. The highest BCUT2D eigenvalue weighted by molar-refractivity contribution is 6.32. The van der Waals surface area contributed by atoms with E-state index >= 15 is 0 Å². The average Bonchev–Trinajstić information content (AvgIpc) is 3.00. The lowest BCUT2D eigenvalue weighted by Gasteiger charge is -2.09. The number of hydrogen-bond acceptors (Lipinski definition) is 6. The smallest absolute Gasteiger partial charge is 0.241 e. The first kappa shape index (κ1) is 18.7. The molecule has 2 amide bonds. The van der Waals surface area contributed by atoms with Gasteiger partial charge in [-0.25, -0.2) is 4.68 Å². The van der Waals surface area contributed by atoms with Gasteiger partial charge in [0.1, 0.15) is 18.9 Å². The van der Waals surface area contributed by atoms with Crippen LogP contribution in [0, 0.1) is 0 Å². The van der Waals surface area contributed by atoms with Gasteiger partial charge in [-0.3, -0.25) is 9.59 Å². The highest BCUT2D eigenvalue weighted by atomic mass is 35.5. The Morgan fingerprint density at radius 3 is 2.76 bits per heavy atom. The first-order valence-electron chi connectivity index (χ1n) is 7.70. The summed E-state index contributed by atoms with van der Waals surface area (Å²) in [5, 5.41) is 17.1. The minimum absolute atomic E-state index is 0.0195. The first-order valence-corrected chi connectivity index (χ1v) is 8.07. The lowest BCUT2D eigenvalue weighted by atomic mass is 10.3. The van der Waals surface area contributed by atoms with Gasteiger partial charge in [0.2, 0.25) is 11.8 Å². The second-order valence-electron chi connectivity index (χ2n) is 5.16. The van der Waals surface area contributed by atoms with Crippen LogP contribution in [0.25, 0.3) is 0 Å². The van der Waals surface area contributed by atoms with Crippen molar-refractivity contribution in [3.05, 3.63) is 35.1 Å². The fraction of sp³-hybridized carbons (Fsp3) is 0.400. The molecule has 1 heterocycles.